The van der Waals surface area contributed by atoms with Gasteiger partial charge < -0.3 is 14.2 Å². The third-order valence-electron chi connectivity index (χ3n) is 3.99. The van der Waals surface area contributed by atoms with Crippen LogP contribution in [0.15, 0.2) is 22.7 Å². The fourth-order valence-corrected chi connectivity index (χ4v) is 3.15. The molecule has 1 aliphatic rings. The largest absolute Gasteiger partial charge is 0.375 e. The van der Waals surface area contributed by atoms with Crippen molar-refractivity contribution in [1.29, 1.82) is 0 Å². The minimum Gasteiger partial charge on any atom is -0.375 e. The second kappa shape index (κ2) is 8.14. The maximum absolute atomic E-state index is 11.8. The number of carbonyl (C=O) groups is 1. The molecule has 0 saturated carbocycles. The summed E-state index contributed by atoms with van der Waals surface area (Å²) in [5.74, 6) is 0.963. The standard InChI is InChI=1S/C16H18Cl2N4O3/c1-24-10-15(23)22-6-4-21(5-7-22)9-14-19-16(25-20-14)12-3-2-11(17)8-13(12)18/h2-3,8H,4-7,9-10H2,1H3. The normalized spacial score (nSPS) is 15.6. The van der Waals surface area contributed by atoms with Gasteiger partial charge in [0, 0.05) is 38.3 Å². The van der Waals surface area contributed by atoms with E-state index < -0.39 is 0 Å². The minimum atomic E-state index is 0.0152. The third-order valence-corrected chi connectivity index (χ3v) is 4.54. The molecule has 0 spiro atoms. The highest BCUT2D eigenvalue weighted by atomic mass is 35.5. The Balaban J connectivity index is 1.58. The number of halogens is 2. The van der Waals surface area contributed by atoms with E-state index in [-0.39, 0.29) is 12.5 Å². The van der Waals surface area contributed by atoms with Crippen LogP contribution >= 0.6 is 23.2 Å². The van der Waals surface area contributed by atoms with E-state index in [1.54, 1.807) is 23.1 Å². The first-order valence-electron chi connectivity index (χ1n) is 7.84. The molecule has 9 heteroatoms. The highest BCUT2D eigenvalue weighted by molar-refractivity contribution is 6.36. The molecule has 25 heavy (non-hydrogen) atoms. The Bertz CT molecular complexity index is 745. The third kappa shape index (κ3) is 4.49. The molecule has 0 aliphatic carbocycles. The SMILES string of the molecule is COCC(=O)N1CCN(Cc2noc(-c3ccc(Cl)cc3Cl)n2)CC1. The summed E-state index contributed by atoms with van der Waals surface area (Å²) in [7, 11) is 1.52. The van der Waals surface area contributed by atoms with E-state index >= 15 is 0 Å². The van der Waals surface area contributed by atoms with Crippen molar-refractivity contribution in [2.75, 3.05) is 39.9 Å². The van der Waals surface area contributed by atoms with Crippen LogP contribution in [0.4, 0.5) is 0 Å². The summed E-state index contributed by atoms with van der Waals surface area (Å²) >= 11 is 12.1. The van der Waals surface area contributed by atoms with E-state index in [0.717, 1.165) is 13.1 Å². The number of amides is 1. The molecular weight excluding hydrogens is 367 g/mol. The molecule has 1 aromatic carbocycles. The number of nitrogens with zero attached hydrogens (tertiary/aromatic N) is 4. The van der Waals surface area contributed by atoms with Gasteiger partial charge in [-0.05, 0) is 18.2 Å². The average molecular weight is 385 g/mol. The lowest BCUT2D eigenvalue weighted by molar-refractivity contribution is -0.136. The van der Waals surface area contributed by atoms with Crippen molar-refractivity contribution in [2.24, 2.45) is 0 Å². The zero-order valence-electron chi connectivity index (χ0n) is 13.7. The number of methoxy groups -OCH3 is 1. The van der Waals surface area contributed by atoms with Gasteiger partial charge in [-0.3, -0.25) is 9.69 Å². The Labute approximate surface area is 155 Å². The summed E-state index contributed by atoms with van der Waals surface area (Å²) in [6.45, 7) is 3.50. The monoisotopic (exact) mass is 384 g/mol. The molecule has 0 N–H and O–H groups in total. The van der Waals surface area contributed by atoms with Crippen LogP contribution in [0.5, 0.6) is 0 Å². The molecule has 1 aliphatic heterocycles. The number of ether oxygens (including phenoxy) is 1. The zero-order valence-corrected chi connectivity index (χ0v) is 15.3. The fourth-order valence-electron chi connectivity index (χ4n) is 2.66. The zero-order chi connectivity index (χ0) is 17.8. The van der Waals surface area contributed by atoms with Crippen LogP contribution in [0.3, 0.4) is 0 Å². The highest BCUT2D eigenvalue weighted by Gasteiger charge is 2.22. The second-order valence-corrected chi connectivity index (χ2v) is 6.57. The van der Waals surface area contributed by atoms with Gasteiger partial charge in [0.15, 0.2) is 5.82 Å². The van der Waals surface area contributed by atoms with Crippen molar-refractivity contribution in [3.05, 3.63) is 34.1 Å². The molecule has 1 amide bonds. The predicted molar refractivity (Wildman–Crippen MR) is 93.5 cm³/mol. The van der Waals surface area contributed by atoms with Crippen molar-refractivity contribution in [3.63, 3.8) is 0 Å². The van der Waals surface area contributed by atoms with Gasteiger partial charge in [0.25, 0.3) is 5.89 Å². The minimum absolute atomic E-state index is 0.0152. The molecule has 0 atom stereocenters. The Morgan fingerprint density at radius 1 is 1.28 bits per heavy atom. The summed E-state index contributed by atoms with van der Waals surface area (Å²) in [5.41, 5.74) is 0.653. The van der Waals surface area contributed by atoms with Crippen LogP contribution < -0.4 is 0 Å². The van der Waals surface area contributed by atoms with Crippen LogP contribution in [-0.4, -0.2) is 65.7 Å². The van der Waals surface area contributed by atoms with Crippen LogP contribution in [0.25, 0.3) is 11.5 Å². The van der Waals surface area contributed by atoms with E-state index in [1.165, 1.54) is 7.11 Å². The van der Waals surface area contributed by atoms with E-state index in [0.29, 0.717) is 47.0 Å². The van der Waals surface area contributed by atoms with E-state index in [9.17, 15) is 4.79 Å². The van der Waals surface area contributed by atoms with Gasteiger partial charge >= 0.3 is 0 Å². The summed E-state index contributed by atoms with van der Waals surface area (Å²) in [4.78, 5) is 20.2. The van der Waals surface area contributed by atoms with Gasteiger partial charge in [-0.1, -0.05) is 28.4 Å². The molecule has 1 aromatic heterocycles. The Morgan fingerprint density at radius 2 is 2.04 bits per heavy atom. The fraction of sp³-hybridized carbons (Fsp3) is 0.438. The van der Waals surface area contributed by atoms with Gasteiger partial charge in [0.1, 0.15) is 6.61 Å². The maximum atomic E-state index is 11.8. The number of aromatic nitrogens is 2. The number of carbonyl (C=O) groups excluding carboxylic acids is 1. The first kappa shape index (κ1) is 18.1. The van der Waals surface area contributed by atoms with Gasteiger partial charge in [0.05, 0.1) is 17.1 Å². The quantitative estimate of drug-likeness (QED) is 0.787. The number of benzene rings is 1. The van der Waals surface area contributed by atoms with Gasteiger partial charge in [-0.15, -0.1) is 0 Å². The molecular formula is C16H18Cl2N4O3. The lowest BCUT2D eigenvalue weighted by Gasteiger charge is -2.33. The summed E-state index contributed by atoms with van der Waals surface area (Å²) in [6.07, 6.45) is 0. The predicted octanol–water partition coefficient (Wildman–Crippen LogP) is 2.33. The first-order valence-corrected chi connectivity index (χ1v) is 8.59. The highest BCUT2D eigenvalue weighted by Crippen LogP contribution is 2.29. The molecule has 0 radical (unpaired) electrons. The molecule has 2 heterocycles. The molecule has 1 saturated heterocycles. The van der Waals surface area contributed by atoms with Gasteiger partial charge in [0.2, 0.25) is 5.91 Å². The van der Waals surface area contributed by atoms with Gasteiger partial charge in [-0.25, -0.2) is 0 Å². The van der Waals surface area contributed by atoms with Crippen LogP contribution in [0, 0.1) is 0 Å². The molecule has 3 rings (SSSR count). The lowest BCUT2D eigenvalue weighted by atomic mass is 10.2. The molecule has 0 unspecified atom stereocenters. The van der Waals surface area contributed by atoms with Crippen molar-refractivity contribution < 1.29 is 14.1 Å². The van der Waals surface area contributed by atoms with Crippen molar-refractivity contribution in [1.82, 2.24) is 19.9 Å². The summed E-state index contributed by atoms with van der Waals surface area (Å²) in [6, 6.07) is 5.11. The number of hydrogen-bond acceptors (Lipinski definition) is 6. The number of hydrogen-bond donors (Lipinski definition) is 0. The number of rotatable bonds is 5. The molecule has 2 aromatic rings. The van der Waals surface area contributed by atoms with Crippen LogP contribution in [0.2, 0.25) is 10.0 Å². The summed E-state index contributed by atoms with van der Waals surface area (Å²) in [5, 5.41) is 5.03. The molecule has 1 fully saturated rings. The second-order valence-electron chi connectivity index (χ2n) is 5.73. The number of piperazine rings is 1. The van der Waals surface area contributed by atoms with E-state index in [4.69, 9.17) is 32.5 Å². The Morgan fingerprint density at radius 3 is 2.72 bits per heavy atom. The molecule has 134 valence electrons. The Hall–Kier alpha value is -1.67. The topological polar surface area (TPSA) is 71.7 Å². The maximum Gasteiger partial charge on any atom is 0.259 e. The van der Waals surface area contributed by atoms with Crippen molar-refractivity contribution >= 4 is 29.1 Å². The average Bonchev–Trinajstić information content (AvgIpc) is 3.04. The molecule has 7 nitrogen and oxygen atoms in total. The van der Waals surface area contributed by atoms with Crippen LogP contribution in [-0.2, 0) is 16.1 Å². The first-order chi connectivity index (χ1) is 12.1. The molecule has 0 bridgehead atoms. The van der Waals surface area contributed by atoms with Crippen molar-refractivity contribution in [3.8, 4) is 11.5 Å². The van der Waals surface area contributed by atoms with Crippen molar-refractivity contribution in [2.45, 2.75) is 6.54 Å². The Kier molecular flexibility index (Phi) is 5.90. The van der Waals surface area contributed by atoms with Gasteiger partial charge in [-0.2, -0.15) is 4.98 Å². The van der Waals surface area contributed by atoms with E-state index in [1.807, 2.05) is 0 Å². The van der Waals surface area contributed by atoms with E-state index in [2.05, 4.69) is 15.0 Å². The summed E-state index contributed by atoms with van der Waals surface area (Å²) < 4.78 is 10.2. The smallest absolute Gasteiger partial charge is 0.259 e. The lowest BCUT2D eigenvalue weighted by Crippen LogP contribution is -2.49. The van der Waals surface area contributed by atoms with Crippen LogP contribution in [0.1, 0.15) is 5.82 Å².